The summed E-state index contributed by atoms with van der Waals surface area (Å²) in [5.41, 5.74) is 1.52. The summed E-state index contributed by atoms with van der Waals surface area (Å²) in [5, 5.41) is 31.0. The number of thiazole rings is 2. The van der Waals surface area contributed by atoms with E-state index in [1.165, 1.54) is 88.4 Å². The zero-order valence-electron chi connectivity index (χ0n) is 55.4. The van der Waals surface area contributed by atoms with Crippen LogP contribution in [0.1, 0.15) is 58.2 Å². The van der Waals surface area contributed by atoms with Crippen LogP contribution in [-0.4, -0.2) is 173 Å². The van der Waals surface area contributed by atoms with Crippen molar-refractivity contribution in [2.24, 2.45) is 20.5 Å². The summed E-state index contributed by atoms with van der Waals surface area (Å²) in [7, 11) is -6.44. The van der Waals surface area contributed by atoms with Crippen molar-refractivity contribution < 1.29 is 64.1 Å². The molecule has 0 radical (unpaired) electrons. The Kier molecular flexibility index (Phi) is 24.9. The summed E-state index contributed by atoms with van der Waals surface area (Å²) in [6.07, 6.45) is 2.70. The smallest absolute Gasteiger partial charge is 0.296 e. The molecule has 2 aliphatic rings. The highest BCUT2D eigenvalue weighted by atomic mass is 32.2. The van der Waals surface area contributed by atoms with Crippen molar-refractivity contribution in [1.29, 1.82) is 0 Å². The van der Waals surface area contributed by atoms with Crippen LogP contribution in [0.2, 0.25) is 0 Å². The molecule has 0 bridgehead atoms. The molecule has 0 spiro atoms. The fraction of sp³-hybridized carbons (Fsp3) is 0.349. The number of carbonyl (C=O) groups is 4. The van der Waals surface area contributed by atoms with Gasteiger partial charge in [0.05, 0.1) is 95.7 Å². The number of ether oxygens (including phenoxy) is 4. The van der Waals surface area contributed by atoms with E-state index in [0.29, 0.717) is 145 Å². The second kappa shape index (κ2) is 33.4. The monoisotopic (exact) mass is 1450 g/mol. The van der Waals surface area contributed by atoms with Crippen LogP contribution >= 0.6 is 34.4 Å². The average Bonchev–Trinajstić information content (AvgIpc) is 1.53. The van der Waals surface area contributed by atoms with E-state index in [-0.39, 0.29) is 56.1 Å². The van der Waals surface area contributed by atoms with Gasteiger partial charge in [0.2, 0.25) is 22.2 Å². The molecule has 0 unspecified atom stereocenters. The molecule has 2 aliphatic heterocycles. The molecule has 31 nitrogen and oxygen atoms in total. The lowest BCUT2D eigenvalue weighted by Gasteiger charge is -2.27. The maximum absolute atomic E-state index is 13.9. The number of benzene rings is 4. The molecule has 4 aromatic carbocycles. The highest BCUT2D eigenvalue weighted by Crippen LogP contribution is 2.45. The molecule has 2 amide bonds. The zero-order chi connectivity index (χ0) is 71.1. The zero-order valence-corrected chi connectivity index (χ0v) is 59.5. The molecule has 0 atom stereocenters. The quantitative estimate of drug-likeness (QED) is 0.00608. The van der Waals surface area contributed by atoms with E-state index in [1.54, 1.807) is 12.1 Å². The molecule has 3 aromatic heterocycles. The minimum Gasteiger partial charge on any atom is -0.494 e. The number of rotatable bonds is 30. The third-order valence-electron chi connectivity index (χ3n) is 15.2. The first-order chi connectivity index (χ1) is 47.5. The Morgan fingerprint density at radius 2 is 0.960 bits per heavy atom. The number of aromatic nitrogens is 5. The third-order valence-corrected chi connectivity index (χ3v) is 19.5. The van der Waals surface area contributed by atoms with Crippen molar-refractivity contribution in [3.63, 3.8) is 0 Å². The highest BCUT2D eigenvalue weighted by Gasteiger charge is 2.28. The number of ketones is 2. The first kappa shape index (κ1) is 73.8. The standard InChI is InChI=1S/C63H73N17O14S5/c1-10-77(11-2)47-33-43(45(35-49(47)91-8)73-75-62-68-55(79-23-27-93-28-24-79)51(96-62)31-39(37(6)81)57(83)64-41-19-15-17-21-53(41)98(85,86)87)66-59-70-60(72-61(71-59)95-14-5)67-44-34-48(78(12-3)13-4)50(92-9)36-46(44)74-76-63-69-56(80-25-29-94-30-26-80)52(97-63)32-40(38(7)82)58(84)65-42-20-16-18-22-54(42)99(88,89)90/h15-22,31-36H,10-14,23-30H2,1-9H3,(H,64,83)(H,65,84)(H,85,86,87)(H,88,89,90)(H2,66,67,70,71,72)/b39-31-,40-32+,75-73?,76-74?. The molecular formula is C63H73N17O14S5. The van der Waals surface area contributed by atoms with Crippen LogP contribution in [0, 0.1) is 0 Å². The Morgan fingerprint density at radius 3 is 1.30 bits per heavy atom. The molecular weight excluding hydrogens is 1380 g/mol. The Bertz CT molecular complexity index is 4230. The molecule has 0 aliphatic carbocycles. The Morgan fingerprint density at radius 1 is 0.576 bits per heavy atom. The van der Waals surface area contributed by atoms with Crippen molar-refractivity contribution in [3.05, 3.63) is 93.7 Å². The second-order valence-electron chi connectivity index (χ2n) is 21.4. The molecule has 6 N–H and O–H groups in total. The number of para-hydroxylation sites is 2. The summed E-state index contributed by atoms with van der Waals surface area (Å²) in [6.45, 7) is 17.8. The fourth-order valence-corrected chi connectivity index (χ4v) is 13.9. The summed E-state index contributed by atoms with van der Waals surface area (Å²) in [6, 6.07) is 17.5. The van der Waals surface area contributed by atoms with E-state index in [4.69, 9.17) is 54.1 Å². The van der Waals surface area contributed by atoms with Gasteiger partial charge in [-0.3, -0.25) is 28.3 Å². The molecule has 9 rings (SSSR count). The van der Waals surface area contributed by atoms with E-state index < -0.39 is 53.4 Å². The number of morpholine rings is 2. The second-order valence-corrected chi connectivity index (χ2v) is 27.5. The summed E-state index contributed by atoms with van der Waals surface area (Å²) in [4.78, 5) is 86.1. The lowest BCUT2D eigenvalue weighted by atomic mass is 10.1. The number of Topliss-reactive ketones (excluding diaryl/α,β-unsaturated/α-hetero) is 2. The minimum atomic E-state index is -4.76. The van der Waals surface area contributed by atoms with Gasteiger partial charge in [-0.05, 0) is 95.8 Å². The SMILES string of the molecule is CCSc1nc(Nc2cc(N(CC)CC)c(OC)cc2N=Nc2nc(N3CCOCC3)c(/C=C(/C(C)=O)C(=O)Nc3ccccc3S(=O)(=O)O)s2)nc(Nc2cc(N(CC)CC)c(OC)cc2N=Nc2nc(N3CCOCC3)c(/C=C(\C(C)=O)C(=O)Nc3ccccc3S(=O)(=O)O)s2)n1. The van der Waals surface area contributed by atoms with E-state index in [1.807, 2.05) is 56.6 Å². The van der Waals surface area contributed by atoms with Gasteiger partial charge >= 0.3 is 0 Å². The number of methoxy groups -OCH3 is 2. The minimum absolute atomic E-state index is 0.0852. The van der Waals surface area contributed by atoms with Crippen LogP contribution in [0.4, 0.5) is 79.3 Å². The van der Waals surface area contributed by atoms with Crippen molar-refractivity contribution in [2.75, 3.05) is 140 Å². The Balaban J connectivity index is 1.10. The number of amides is 2. The number of nitrogens with zero attached hydrogens (tertiary/aromatic N) is 13. The number of carbonyl (C=O) groups excluding carboxylic acids is 4. The first-order valence-corrected chi connectivity index (χ1v) is 36.6. The predicted octanol–water partition coefficient (Wildman–Crippen LogP) is 11.3. The number of hydrogen-bond donors (Lipinski definition) is 6. The topological polar surface area (TPSA) is 389 Å². The van der Waals surface area contributed by atoms with Crippen LogP contribution in [-0.2, 0) is 48.9 Å². The van der Waals surface area contributed by atoms with Crippen molar-refractivity contribution >= 4 is 169 Å². The largest absolute Gasteiger partial charge is 0.494 e. The van der Waals surface area contributed by atoms with Gasteiger partial charge in [0.15, 0.2) is 16.7 Å². The summed E-state index contributed by atoms with van der Waals surface area (Å²) < 4.78 is 91.9. The molecule has 0 saturated carbocycles. The van der Waals surface area contributed by atoms with E-state index in [2.05, 4.69) is 41.3 Å². The molecule has 2 saturated heterocycles. The van der Waals surface area contributed by atoms with Crippen LogP contribution in [0.25, 0.3) is 12.2 Å². The van der Waals surface area contributed by atoms with Crippen LogP contribution in [0.15, 0.2) is 119 Å². The van der Waals surface area contributed by atoms with E-state index in [9.17, 15) is 45.1 Å². The van der Waals surface area contributed by atoms with E-state index in [0.717, 1.165) is 34.8 Å². The third kappa shape index (κ3) is 18.5. The van der Waals surface area contributed by atoms with Gasteiger partial charge in [0, 0.05) is 64.5 Å². The van der Waals surface area contributed by atoms with Crippen LogP contribution < -0.4 is 50.3 Å². The van der Waals surface area contributed by atoms with Gasteiger partial charge in [-0.2, -0.15) is 41.8 Å². The van der Waals surface area contributed by atoms with Gasteiger partial charge in [0.25, 0.3) is 32.1 Å². The number of thioether (sulfide) groups is 1. The Hall–Kier alpha value is -9.40. The number of anilines is 10. The highest BCUT2D eigenvalue weighted by molar-refractivity contribution is 7.99. The van der Waals surface area contributed by atoms with Crippen molar-refractivity contribution in [2.45, 2.75) is 63.4 Å². The lowest BCUT2D eigenvalue weighted by Crippen LogP contribution is -2.36. The number of azo groups is 2. The molecule has 36 heteroatoms. The van der Waals surface area contributed by atoms with Gasteiger partial charge in [-0.25, -0.2) is 0 Å². The normalized spacial score (nSPS) is 14.0. The predicted molar refractivity (Wildman–Crippen MR) is 382 cm³/mol. The van der Waals surface area contributed by atoms with Gasteiger partial charge in [-0.15, -0.1) is 20.5 Å². The van der Waals surface area contributed by atoms with Crippen molar-refractivity contribution in [1.82, 2.24) is 24.9 Å². The maximum Gasteiger partial charge on any atom is 0.296 e. The van der Waals surface area contributed by atoms with E-state index >= 15 is 0 Å². The number of hydrogen-bond acceptors (Lipinski definition) is 30. The van der Waals surface area contributed by atoms with Crippen molar-refractivity contribution in [3.8, 4) is 11.5 Å². The first-order valence-electron chi connectivity index (χ1n) is 31.1. The van der Waals surface area contributed by atoms with Gasteiger partial charge in [0.1, 0.15) is 44.3 Å². The molecule has 99 heavy (non-hydrogen) atoms. The van der Waals surface area contributed by atoms with Gasteiger partial charge < -0.3 is 59.8 Å². The molecule has 2 fully saturated rings. The molecule has 7 aromatic rings. The number of nitrogens with one attached hydrogen (secondary N) is 4. The summed E-state index contributed by atoms with van der Waals surface area (Å²) >= 11 is 3.42. The van der Waals surface area contributed by atoms with Crippen LogP contribution in [0.3, 0.4) is 0 Å². The Labute approximate surface area is 583 Å². The average molecular weight is 1450 g/mol. The molecule has 524 valence electrons. The fourth-order valence-electron chi connectivity index (χ4n) is 10.3. The van der Waals surface area contributed by atoms with Gasteiger partial charge in [-0.1, -0.05) is 65.6 Å². The molecule has 5 heterocycles. The lowest BCUT2D eigenvalue weighted by molar-refractivity contribution is -0.120. The maximum atomic E-state index is 13.9. The van der Waals surface area contributed by atoms with Crippen LogP contribution in [0.5, 0.6) is 11.5 Å². The summed E-state index contributed by atoms with van der Waals surface area (Å²) in [5.74, 6) is -0.746.